The van der Waals surface area contributed by atoms with Gasteiger partial charge in [0.15, 0.2) is 4.96 Å². The maximum atomic E-state index is 12.9. The first-order chi connectivity index (χ1) is 16.3. The molecule has 0 bridgehead atoms. The smallest absolute Gasteiger partial charge is 0.339 e. The van der Waals surface area contributed by atoms with Crippen LogP contribution in [0.5, 0.6) is 5.75 Å². The lowest BCUT2D eigenvalue weighted by molar-refractivity contribution is -0.114. The number of nitrogens with one attached hydrogen (secondary N) is 1. The number of imidazole rings is 1. The van der Waals surface area contributed by atoms with Crippen molar-refractivity contribution in [1.29, 1.82) is 0 Å². The van der Waals surface area contributed by atoms with Crippen molar-refractivity contribution in [3.63, 3.8) is 0 Å². The van der Waals surface area contributed by atoms with Crippen LogP contribution in [-0.2, 0) is 14.9 Å². The SMILES string of the molecule is CC(=O)Nc1ccc(S(=O)(=O)Oc2ccc(C=c3sc4nc5ccccc5n4c3=O)cc2)cc1. The summed E-state index contributed by atoms with van der Waals surface area (Å²) in [5, 5.41) is 2.57. The Balaban J connectivity index is 1.38. The molecule has 2 heterocycles. The van der Waals surface area contributed by atoms with E-state index in [4.69, 9.17) is 4.18 Å². The van der Waals surface area contributed by atoms with E-state index in [0.29, 0.717) is 15.2 Å². The lowest BCUT2D eigenvalue weighted by Crippen LogP contribution is -2.22. The molecule has 5 rings (SSSR count). The van der Waals surface area contributed by atoms with Crippen LogP contribution in [0.4, 0.5) is 5.69 Å². The number of carbonyl (C=O) groups excluding carboxylic acids is 1. The van der Waals surface area contributed by atoms with Gasteiger partial charge in [-0.1, -0.05) is 35.6 Å². The van der Waals surface area contributed by atoms with Crippen LogP contribution in [0.25, 0.3) is 22.1 Å². The number of anilines is 1. The quantitative estimate of drug-likeness (QED) is 0.379. The number of amides is 1. The number of carbonyl (C=O) groups is 1. The first kappa shape index (κ1) is 21.8. The first-order valence-electron chi connectivity index (χ1n) is 10.1. The van der Waals surface area contributed by atoms with E-state index in [2.05, 4.69) is 10.3 Å². The van der Waals surface area contributed by atoms with Gasteiger partial charge in [-0.05, 0) is 60.2 Å². The second-order valence-corrected chi connectivity index (χ2v) is 10.0. The Morgan fingerprint density at radius 1 is 1.03 bits per heavy atom. The molecule has 10 heteroatoms. The molecule has 5 aromatic rings. The molecule has 0 unspecified atom stereocenters. The molecule has 34 heavy (non-hydrogen) atoms. The molecule has 2 aromatic heterocycles. The summed E-state index contributed by atoms with van der Waals surface area (Å²) in [5.41, 5.74) is 2.58. The average Bonchev–Trinajstić information content (AvgIpc) is 3.31. The highest BCUT2D eigenvalue weighted by atomic mass is 32.2. The van der Waals surface area contributed by atoms with Gasteiger partial charge in [-0.2, -0.15) is 8.42 Å². The molecule has 0 spiro atoms. The maximum absolute atomic E-state index is 12.9. The zero-order valence-electron chi connectivity index (χ0n) is 17.8. The standard InChI is InChI=1S/C24H17N3O5S2/c1-15(28)25-17-8-12-19(13-9-17)34(30,31)32-18-10-6-16(7-11-18)14-22-23(29)27-21-5-3-2-4-20(21)26-24(27)33-22/h2-14H,1H3,(H,25,28). The van der Waals surface area contributed by atoms with E-state index in [1.54, 1.807) is 22.6 Å². The molecule has 3 aromatic carbocycles. The van der Waals surface area contributed by atoms with Crippen LogP contribution in [0.2, 0.25) is 0 Å². The Bertz CT molecular complexity index is 1750. The summed E-state index contributed by atoms with van der Waals surface area (Å²) >= 11 is 1.29. The van der Waals surface area contributed by atoms with E-state index < -0.39 is 10.1 Å². The fourth-order valence-electron chi connectivity index (χ4n) is 3.47. The number of aromatic nitrogens is 2. The summed E-state index contributed by atoms with van der Waals surface area (Å²) in [6, 6.07) is 19.5. The van der Waals surface area contributed by atoms with Crippen molar-refractivity contribution in [2.45, 2.75) is 11.8 Å². The van der Waals surface area contributed by atoms with Crippen LogP contribution in [0.1, 0.15) is 12.5 Å². The summed E-state index contributed by atoms with van der Waals surface area (Å²) < 4.78 is 32.5. The highest BCUT2D eigenvalue weighted by Crippen LogP contribution is 2.21. The van der Waals surface area contributed by atoms with Crippen LogP contribution in [0, 0.1) is 0 Å². The lowest BCUT2D eigenvalue weighted by Gasteiger charge is -2.08. The molecule has 8 nitrogen and oxygen atoms in total. The van der Waals surface area contributed by atoms with Gasteiger partial charge in [-0.15, -0.1) is 0 Å². The van der Waals surface area contributed by atoms with Gasteiger partial charge in [-0.3, -0.25) is 9.59 Å². The Morgan fingerprint density at radius 3 is 2.44 bits per heavy atom. The van der Waals surface area contributed by atoms with Crippen molar-refractivity contribution in [2.75, 3.05) is 5.32 Å². The predicted molar refractivity (Wildman–Crippen MR) is 131 cm³/mol. The summed E-state index contributed by atoms with van der Waals surface area (Å²) in [5.74, 6) is -0.116. The highest BCUT2D eigenvalue weighted by molar-refractivity contribution is 7.87. The molecule has 0 aliphatic heterocycles. The molecule has 0 saturated heterocycles. The van der Waals surface area contributed by atoms with Gasteiger partial charge in [-0.25, -0.2) is 9.38 Å². The van der Waals surface area contributed by atoms with Crippen LogP contribution in [-0.4, -0.2) is 23.7 Å². The topological polar surface area (TPSA) is 107 Å². The molecule has 170 valence electrons. The molecule has 0 saturated carbocycles. The number of rotatable bonds is 5. The molecule has 0 fully saturated rings. The van der Waals surface area contributed by atoms with Crippen molar-refractivity contribution in [3.05, 3.63) is 93.2 Å². The van der Waals surface area contributed by atoms with Crippen LogP contribution in [0.15, 0.2) is 82.5 Å². The zero-order valence-corrected chi connectivity index (χ0v) is 19.4. The van der Waals surface area contributed by atoms with E-state index in [1.165, 1.54) is 54.7 Å². The predicted octanol–water partition coefficient (Wildman–Crippen LogP) is 3.18. The van der Waals surface area contributed by atoms with Crippen molar-refractivity contribution in [2.24, 2.45) is 0 Å². The fraction of sp³-hybridized carbons (Fsp3) is 0.0417. The summed E-state index contributed by atoms with van der Waals surface area (Å²) in [4.78, 5) is 29.1. The number of thiazole rings is 1. The summed E-state index contributed by atoms with van der Waals surface area (Å²) in [7, 11) is -4.05. The van der Waals surface area contributed by atoms with E-state index in [0.717, 1.165) is 16.6 Å². The molecule has 1 N–H and O–H groups in total. The Hall–Kier alpha value is -4.02. The van der Waals surface area contributed by atoms with Crippen LogP contribution in [0.3, 0.4) is 0 Å². The maximum Gasteiger partial charge on any atom is 0.339 e. The number of para-hydroxylation sites is 2. The van der Waals surface area contributed by atoms with Gasteiger partial charge in [0, 0.05) is 12.6 Å². The molecule has 0 aliphatic carbocycles. The second-order valence-electron chi connectivity index (χ2n) is 7.45. The largest absolute Gasteiger partial charge is 0.379 e. The Labute approximate surface area is 197 Å². The van der Waals surface area contributed by atoms with Crippen molar-refractivity contribution in [3.8, 4) is 5.75 Å². The third-order valence-electron chi connectivity index (χ3n) is 4.99. The van der Waals surface area contributed by atoms with Crippen LogP contribution >= 0.6 is 11.3 Å². The number of hydrogen-bond donors (Lipinski definition) is 1. The van der Waals surface area contributed by atoms with E-state index in [9.17, 15) is 18.0 Å². The van der Waals surface area contributed by atoms with Gasteiger partial charge in [0.05, 0.1) is 15.6 Å². The molecule has 0 atom stereocenters. The van der Waals surface area contributed by atoms with E-state index in [1.807, 2.05) is 24.3 Å². The molecule has 0 aliphatic rings. The minimum absolute atomic E-state index is 0.0394. The van der Waals surface area contributed by atoms with Crippen molar-refractivity contribution in [1.82, 2.24) is 9.38 Å². The van der Waals surface area contributed by atoms with Gasteiger partial charge >= 0.3 is 10.1 Å². The third kappa shape index (κ3) is 4.16. The van der Waals surface area contributed by atoms with E-state index >= 15 is 0 Å². The summed E-state index contributed by atoms with van der Waals surface area (Å²) in [6.07, 6.45) is 1.73. The lowest BCUT2D eigenvalue weighted by atomic mass is 10.2. The number of benzene rings is 3. The van der Waals surface area contributed by atoms with Crippen molar-refractivity contribution >= 4 is 55.1 Å². The monoisotopic (exact) mass is 491 g/mol. The highest BCUT2D eigenvalue weighted by Gasteiger charge is 2.17. The Kier molecular flexibility index (Phi) is 5.39. The molecular weight excluding hydrogens is 474 g/mol. The summed E-state index contributed by atoms with van der Waals surface area (Å²) in [6.45, 7) is 1.37. The normalized spacial score (nSPS) is 12.3. The third-order valence-corrected chi connectivity index (χ3v) is 7.22. The van der Waals surface area contributed by atoms with E-state index in [-0.39, 0.29) is 22.1 Å². The molecule has 0 radical (unpaired) electrons. The fourth-order valence-corrected chi connectivity index (χ4v) is 5.38. The first-order valence-corrected chi connectivity index (χ1v) is 12.4. The van der Waals surface area contributed by atoms with Crippen LogP contribution < -0.4 is 19.6 Å². The molecular formula is C24H17N3O5S2. The minimum Gasteiger partial charge on any atom is -0.379 e. The minimum atomic E-state index is -4.05. The Morgan fingerprint density at radius 2 is 1.74 bits per heavy atom. The number of hydrogen-bond acceptors (Lipinski definition) is 7. The van der Waals surface area contributed by atoms with Gasteiger partial charge in [0.2, 0.25) is 5.91 Å². The van der Waals surface area contributed by atoms with Gasteiger partial charge < -0.3 is 9.50 Å². The number of nitrogens with zero attached hydrogens (tertiary/aromatic N) is 2. The average molecular weight is 492 g/mol. The van der Waals surface area contributed by atoms with Gasteiger partial charge in [0.1, 0.15) is 10.6 Å². The van der Waals surface area contributed by atoms with Gasteiger partial charge in [0.25, 0.3) is 5.56 Å². The number of fused-ring (bicyclic) bond motifs is 3. The zero-order chi connectivity index (χ0) is 23.9. The van der Waals surface area contributed by atoms with Crippen molar-refractivity contribution < 1.29 is 17.4 Å². The molecule has 1 amide bonds. The second kappa shape index (κ2) is 8.40.